The third kappa shape index (κ3) is 2.29. The van der Waals surface area contributed by atoms with E-state index in [0.29, 0.717) is 0 Å². The minimum absolute atomic E-state index is 0.249. The van der Waals surface area contributed by atoms with E-state index in [1.54, 1.807) is 0 Å². The number of hydrogen-bond acceptors (Lipinski definition) is 1. The zero-order valence-corrected chi connectivity index (χ0v) is 8.14. The fraction of sp³-hybridized carbons (Fsp3) is 0.300. The van der Waals surface area contributed by atoms with Crippen molar-refractivity contribution in [3.05, 3.63) is 34.4 Å². The summed E-state index contributed by atoms with van der Waals surface area (Å²) in [6.45, 7) is 2.59. The lowest BCUT2D eigenvalue weighted by atomic mass is 9.99. The summed E-state index contributed by atoms with van der Waals surface area (Å²) in [6, 6.07) is 2.18. The third-order valence-corrected chi connectivity index (χ3v) is 2.09. The maximum atomic E-state index is 12.5. The lowest BCUT2D eigenvalue weighted by Crippen LogP contribution is -2.12. The van der Waals surface area contributed by atoms with E-state index in [0.717, 1.165) is 13.0 Å². The Hall–Kier alpha value is -1.52. The first-order valence-electron chi connectivity index (χ1n) is 4.15. The highest BCUT2D eigenvalue weighted by atomic mass is 19.4. The zero-order chi connectivity index (χ0) is 11.8. The summed E-state index contributed by atoms with van der Waals surface area (Å²) in [5, 5.41) is 8.71. The van der Waals surface area contributed by atoms with E-state index in [4.69, 9.17) is 5.11 Å². The van der Waals surface area contributed by atoms with Crippen LogP contribution in [0.3, 0.4) is 0 Å². The van der Waals surface area contributed by atoms with Gasteiger partial charge in [-0.15, -0.1) is 0 Å². The van der Waals surface area contributed by atoms with Gasteiger partial charge in [-0.1, -0.05) is 0 Å². The molecule has 0 unspecified atom stereocenters. The number of carbonyl (C=O) groups is 1. The number of hydrogen-bond donors (Lipinski definition) is 1. The van der Waals surface area contributed by atoms with Crippen molar-refractivity contribution in [3.8, 4) is 0 Å². The Morgan fingerprint density at radius 2 is 1.80 bits per heavy atom. The zero-order valence-electron chi connectivity index (χ0n) is 8.14. The molecule has 0 saturated heterocycles. The van der Waals surface area contributed by atoms with Gasteiger partial charge in [0.2, 0.25) is 0 Å². The molecule has 1 N–H and O–H groups in total. The number of alkyl halides is 3. The molecule has 2 nitrogen and oxygen atoms in total. The van der Waals surface area contributed by atoms with Crippen LogP contribution in [0.4, 0.5) is 13.2 Å². The van der Waals surface area contributed by atoms with Gasteiger partial charge in [-0.3, -0.25) is 0 Å². The normalized spacial score (nSPS) is 11.5. The summed E-state index contributed by atoms with van der Waals surface area (Å²) < 4.78 is 37.4. The Labute approximate surface area is 84.3 Å². The molecule has 15 heavy (non-hydrogen) atoms. The van der Waals surface area contributed by atoms with Crippen LogP contribution in [0.1, 0.15) is 27.0 Å². The second kappa shape index (κ2) is 3.56. The van der Waals surface area contributed by atoms with Gasteiger partial charge in [0.25, 0.3) is 0 Å². The van der Waals surface area contributed by atoms with Gasteiger partial charge in [-0.05, 0) is 37.1 Å². The van der Waals surface area contributed by atoms with Crippen molar-refractivity contribution in [2.75, 3.05) is 0 Å². The molecule has 0 aliphatic carbocycles. The average Bonchev–Trinajstić information content (AvgIpc) is 2.06. The Morgan fingerprint density at radius 3 is 2.20 bits per heavy atom. The van der Waals surface area contributed by atoms with Gasteiger partial charge in [0.05, 0.1) is 11.1 Å². The summed E-state index contributed by atoms with van der Waals surface area (Å²) in [7, 11) is 0. The van der Waals surface area contributed by atoms with Crippen molar-refractivity contribution >= 4 is 5.97 Å². The van der Waals surface area contributed by atoms with Crippen molar-refractivity contribution in [1.82, 2.24) is 0 Å². The molecular formula is C10H9F3O2. The average molecular weight is 218 g/mol. The molecule has 0 bridgehead atoms. The second-order valence-electron chi connectivity index (χ2n) is 3.29. The first-order chi connectivity index (χ1) is 6.73. The molecule has 82 valence electrons. The summed E-state index contributed by atoms with van der Waals surface area (Å²) in [6.07, 6.45) is -4.51. The van der Waals surface area contributed by atoms with Gasteiger partial charge >= 0.3 is 12.1 Å². The Kier molecular flexibility index (Phi) is 2.75. The SMILES string of the molecule is Cc1cc(C(=O)O)c(C)c(C(F)(F)F)c1. The lowest BCUT2D eigenvalue weighted by molar-refractivity contribution is -0.138. The van der Waals surface area contributed by atoms with Crippen LogP contribution in [-0.4, -0.2) is 11.1 Å². The standard InChI is InChI=1S/C10H9F3O2/c1-5-3-7(9(14)15)6(2)8(4-5)10(11,12)13/h3-4H,1-2H3,(H,14,15). The van der Waals surface area contributed by atoms with E-state index in [2.05, 4.69) is 0 Å². The van der Waals surface area contributed by atoms with Gasteiger partial charge in [0.1, 0.15) is 0 Å². The maximum absolute atomic E-state index is 12.5. The van der Waals surface area contributed by atoms with Crippen LogP contribution in [0.2, 0.25) is 0 Å². The molecule has 1 rings (SSSR count). The summed E-state index contributed by atoms with van der Waals surface area (Å²) >= 11 is 0. The highest BCUT2D eigenvalue weighted by Gasteiger charge is 2.34. The molecule has 0 aromatic heterocycles. The van der Waals surface area contributed by atoms with Gasteiger partial charge in [0, 0.05) is 0 Å². The highest BCUT2D eigenvalue weighted by Crippen LogP contribution is 2.33. The molecule has 0 radical (unpaired) electrons. The van der Waals surface area contributed by atoms with Gasteiger partial charge in [-0.2, -0.15) is 13.2 Å². The largest absolute Gasteiger partial charge is 0.478 e. The van der Waals surface area contributed by atoms with Gasteiger partial charge < -0.3 is 5.11 Å². The number of aromatic carboxylic acids is 1. The molecule has 0 atom stereocenters. The van der Waals surface area contributed by atoms with Crippen LogP contribution in [0.15, 0.2) is 12.1 Å². The Bertz CT molecular complexity index is 408. The smallest absolute Gasteiger partial charge is 0.416 e. The summed E-state index contributed by atoms with van der Waals surface area (Å²) in [5.74, 6) is -1.35. The molecule has 0 fully saturated rings. The van der Waals surface area contributed by atoms with E-state index < -0.39 is 17.7 Å². The topological polar surface area (TPSA) is 37.3 Å². The van der Waals surface area contributed by atoms with Crippen molar-refractivity contribution < 1.29 is 23.1 Å². The summed E-state index contributed by atoms with van der Waals surface area (Å²) in [5.41, 5.74) is -1.16. The molecule has 0 spiro atoms. The van der Waals surface area contributed by atoms with E-state index in [-0.39, 0.29) is 16.7 Å². The fourth-order valence-corrected chi connectivity index (χ4v) is 1.38. The monoisotopic (exact) mass is 218 g/mol. The van der Waals surface area contributed by atoms with Crippen molar-refractivity contribution in [3.63, 3.8) is 0 Å². The van der Waals surface area contributed by atoms with Crippen LogP contribution in [0, 0.1) is 13.8 Å². The van der Waals surface area contributed by atoms with E-state index in [9.17, 15) is 18.0 Å². The van der Waals surface area contributed by atoms with Crippen molar-refractivity contribution in [2.24, 2.45) is 0 Å². The molecular weight excluding hydrogens is 209 g/mol. The van der Waals surface area contributed by atoms with Crippen LogP contribution >= 0.6 is 0 Å². The van der Waals surface area contributed by atoms with Crippen LogP contribution < -0.4 is 0 Å². The Morgan fingerprint density at radius 1 is 1.27 bits per heavy atom. The molecule has 0 aliphatic rings. The molecule has 0 aliphatic heterocycles. The van der Waals surface area contributed by atoms with Crippen molar-refractivity contribution in [2.45, 2.75) is 20.0 Å². The molecule has 0 heterocycles. The van der Waals surface area contributed by atoms with E-state index in [1.165, 1.54) is 13.0 Å². The number of aryl methyl sites for hydroxylation is 1. The minimum Gasteiger partial charge on any atom is -0.478 e. The van der Waals surface area contributed by atoms with E-state index in [1.807, 2.05) is 0 Å². The number of halogens is 3. The van der Waals surface area contributed by atoms with Gasteiger partial charge in [-0.25, -0.2) is 4.79 Å². The van der Waals surface area contributed by atoms with Gasteiger partial charge in [0.15, 0.2) is 0 Å². The number of rotatable bonds is 1. The quantitative estimate of drug-likeness (QED) is 0.786. The maximum Gasteiger partial charge on any atom is 0.416 e. The van der Waals surface area contributed by atoms with Crippen LogP contribution in [0.25, 0.3) is 0 Å². The molecule has 0 saturated carbocycles. The molecule has 1 aromatic carbocycles. The second-order valence-corrected chi connectivity index (χ2v) is 3.29. The first-order valence-corrected chi connectivity index (χ1v) is 4.15. The predicted octanol–water partition coefficient (Wildman–Crippen LogP) is 3.02. The van der Waals surface area contributed by atoms with E-state index >= 15 is 0 Å². The lowest BCUT2D eigenvalue weighted by Gasteiger charge is -2.13. The van der Waals surface area contributed by atoms with Crippen LogP contribution in [-0.2, 0) is 6.18 Å². The predicted molar refractivity (Wildman–Crippen MR) is 47.9 cm³/mol. The number of benzene rings is 1. The molecule has 1 aromatic rings. The number of carboxylic acid groups (broad SMARTS) is 1. The Balaban J connectivity index is 3.49. The number of carboxylic acids is 1. The first kappa shape index (κ1) is 11.6. The van der Waals surface area contributed by atoms with Crippen molar-refractivity contribution in [1.29, 1.82) is 0 Å². The highest BCUT2D eigenvalue weighted by molar-refractivity contribution is 5.90. The fourth-order valence-electron chi connectivity index (χ4n) is 1.38. The molecule has 5 heteroatoms. The summed E-state index contributed by atoms with van der Waals surface area (Å²) in [4.78, 5) is 10.7. The molecule has 0 amide bonds. The van der Waals surface area contributed by atoms with Crippen LogP contribution in [0.5, 0.6) is 0 Å². The minimum atomic E-state index is -4.51. The third-order valence-electron chi connectivity index (χ3n) is 2.09.